The highest BCUT2D eigenvalue weighted by molar-refractivity contribution is 7.93. The number of nitrogens with zero attached hydrogens (tertiary/aromatic N) is 1. The lowest BCUT2D eigenvalue weighted by Gasteiger charge is -2.16. The smallest absolute Gasteiger partial charge is 0.248 e. The van der Waals surface area contributed by atoms with Crippen molar-refractivity contribution in [2.24, 2.45) is 0 Å². The summed E-state index contributed by atoms with van der Waals surface area (Å²) in [4.78, 5) is 12.1. The number of hydrogen-bond acceptors (Lipinski definition) is 3. The SMILES string of the molecule is Cc1ccc(Cl)cc1NC(=O)/C=C/c1ccc(N2CCCS2(=O)=O)cc1. The topological polar surface area (TPSA) is 66.5 Å². The largest absolute Gasteiger partial charge is 0.322 e. The van der Waals surface area contributed by atoms with Gasteiger partial charge in [-0.3, -0.25) is 9.10 Å². The number of amides is 1. The van der Waals surface area contributed by atoms with Gasteiger partial charge in [-0.25, -0.2) is 8.42 Å². The molecule has 3 rings (SSSR count). The number of sulfonamides is 1. The Hall–Kier alpha value is -2.31. The van der Waals surface area contributed by atoms with Gasteiger partial charge in [0.1, 0.15) is 0 Å². The third-order valence-corrected chi connectivity index (χ3v) is 6.27. The summed E-state index contributed by atoms with van der Waals surface area (Å²) in [6, 6.07) is 12.4. The molecule has 1 aliphatic rings. The zero-order valence-electron chi connectivity index (χ0n) is 14.3. The number of nitrogens with one attached hydrogen (secondary N) is 1. The van der Waals surface area contributed by atoms with E-state index in [1.165, 1.54) is 10.4 Å². The highest BCUT2D eigenvalue weighted by Crippen LogP contribution is 2.24. The minimum absolute atomic E-state index is 0.192. The molecule has 1 amide bonds. The van der Waals surface area contributed by atoms with E-state index in [0.717, 1.165) is 11.1 Å². The van der Waals surface area contributed by atoms with Crippen LogP contribution in [-0.4, -0.2) is 26.6 Å². The van der Waals surface area contributed by atoms with Crippen molar-refractivity contribution < 1.29 is 13.2 Å². The molecule has 0 atom stereocenters. The molecular weight excluding hydrogens is 372 g/mol. The summed E-state index contributed by atoms with van der Waals surface area (Å²) in [6.07, 6.45) is 3.76. The number of halogens is 1. The molecule has 0 unspecified atom stereocenters. The molecule has 2 aromatic rings. The predicted molar refractivity (Wildman–Crippen MR) is 106 cm³/mol. The van der Waals surface area contributed by atoms with Crippen molar-refractivity contribution in [3.63, 3.8) is 0 Å². The van der Waals surface area contributed by atoms with Crippen molar-refractivity contribution in [3.05, 3.63) is 64.7 Å². The first kappa shape index (κ1) is 18.5. The average molecular weight is 391 g/mol. The van der Waals surface area contributed by atoms with Crippen molar-refractivity contribution in [2.75, 3.05) is 21.9 Å². The third kappa shape index (κ3) is 4.26. The molecule has 26 heavy (non-hydrogen) atoms. The number of hydrogen-bond donors (Lipinski definition) is 1. The van der Waals surface area contributed by atoms with E-state index >= 15 is 0 Å². The van der Waals surface area contributed by atoms with Gasteiger partial charge in [0.05, 0.1) is 11.4 Å². The Balaban J connectivity index is 1.67. The van der Waals surface area contributed by atoms with Crippen molar-refractivity contribution in [1.29, 1.82) is 0 Å². The molecule has 136 valence electrons. The molecule has 0 spiro atoms. The second-order valence-electron chi connectivity index (χ2n) is 6.12. The lowest BCUT2D eigenvalue weighted by molar-refractivity contribution is -0.111. The van der Waals surface area contributed by atoms with E-state index in [0.29, 0.717) is 29.4 Å². The molecule has 0 radical (unpaired) electrons. The third-order valence-electron chi connectivity index (χ3n) is 4.16. The molecule has 1 N–H and O–H groups in total. The van der Waals surface area contributed by atoms with Crippen molar-refractivity contribution >= 4 is 45.0 Å². The van der Waals surface area contributed by atoms with Gasteiger partial charge in [-0.2, -0.15) is 0 Å². The number of benzene rings is 2. The van der Waals surface area contributed by atoms with E-state index in [9.17, 15) is 13.2 Å². The minimum atomic E-state index is -3.18. The molecule has 0 saturated carbocycles. The van der Waals surface area contributed by atoms with Gasteiger partial charge < -0.3 is 5.32 Å². The Bertz CT molecular complexity index is 953. The maximum atomic E-state index is 12.1. The van der Waals surface area contributed by atoms with Gasteiger partial charge in [-0.1, -0.05) is 29.8 Å². The van der Waals surface area contributed by atoms with Crippen LogP contribution in [0.25, 0.3) is 6.08 Å². The number of carbonyl (C=O) groups is 1. The Morgan fingerprint density at radius 2 is 1.92 bits per heavy atom. The Labute approximate surface area is 158 Å². The Kier molecular flexibility index (Phi) is 5.34. The fraction of sp³-hybridized carbons (Fsp3) is 0.211. The van der Waals surface area contributed by atoms with Crippen LogP contribution in [0.1, 0.15) is 17.5 Å². The standard InChI is InChI=1S/C19H19ClN2O3S/c1-14-3-7-16(20)13-18(14)21-19(23)10-6-15-4-8-17(9-5-15)22-11-2-12-26(22,24)25/h3-10,13H,2,11-12H2,1H3,(H,21,23)/b10-6+. The summed E-state index contributed by atoms with van der Waals surface area (Å²) in [5, 5.41) is 3.35. The van der Waals surface area contributed by atoms with Crippen LogP contribution in [0.3, 0.4) is 0 Å². The summed E-state index contributed by atoms with van der Waals surface area (Å²) in [6.45, 7) is 2.40. The zero-order valence-corrected chi connectivity index (χ0v) is 15.8. The van der Waals surface area contributed by atoms with Gasteiger partial charge in [0, 0.05) is 23.3 Å². The van der Waals surface area contributed by atoms with E-state index in [1.54, 1.807) is 42.5 Å². The maximum absolute atomic E-state index is 12.1. The van der Waals surface area contributed by atoms with Gasteiger partial charge >= 0.3 is 0 Å². The molecule has 7 heteroatoms. The van der Waals surface area contributed by atoms with Gasteiger partial charge in [-0.05, 0) is 54.8 Å². The van der Waals surface area contributed by atoms with Crippen LogP contribution in [0.15, 0.2) is 48.5 Å². The molecule has 0 aromatic heterocycles. The highest BCUT2D eigenvalue weighted by Gasteiger charge is 2.28. The van der Waals surface area contributed by atoms with Crippen LogP contribution < -0.4 is 9.62 Å². The molecule has 2 aromatic carbocycles. The first-order valence-corrected chi connectivity index (χ1v) is 10.2. The summed E-state index contributed by atoms with van der Waals surface area (Å²) in [5.74, 6) is -0.0702. The normalized spacial score (nSPS) is 16.2. The highest BCUT2D eigenvalue weighted by atomic mass is 35.5. The summed E-state index contributed by atoms with van der Waals surface area (Å²) < 4.78 is 25.3. The van der Waals surface area contributed by atoms with Crippen LogP contribution in [0.4, 0.5) is 11.4 Å². The number of carbonyl (C=O) groups excluding carboxylic acids is 1. The summed E-state index contributed by atoms with van der Waals surface area (Å²) >= 11 is 5.95. The Morgan fingerprint density at radius 1 is 1.19 bits per heavy atom. The van der Waals surface area contributed by atoms with Gasteiger partial charge in [-0.15, -0.1) is 0 Å². The summed E-state index contributed by atoms with van der Waals surface area (Å²) in [5.41, 5.74) is 3.05. The number of anilines is 2. The van der Waals surface area contributed by atoms with E-state index < -0.39 is 10.0 Å². The van der Waals surface area contributed by atoms with Gasteiger partial charge in [0.15, 0.2) is 0 Å². The van der Waals surface area contributed by atoms with Gasteiger partial charge in [0.25, 0.3) is 0 Å². The number of rotatable bonds is 4. The van der Waals surface area contributed by atoms with Crippen molar-refractivity contribution in [1.82, 2.24) is 0 Å². The average Bonchev–Trinajstić information content (AvgIpc) is 2.96. The second-order valence-corrected chi connectivity index (χ2v) is 8.56. The Morgan fingerprint density at radius 3 is 2.58 bits per heavy atom. The molecule has 5 nitrogen and oxygen atoms in total. The van der Waals surface area contributed by atoms with Crippen molar-refractivity contribution in [2.45, 2.75) is 13.3 Å². The molecule has 1 aliphatic heterocycles. The van der Waals surface area contributed by atoms with Crippen LogP contribution >= 0.6 is 11.6 Å². The second kappa shape index (κ2) is 7.51. The van der Waals surface area contributed by atoms with E-state index in [2.05, 4.69) is 5.32 Å². The zero-order chi connectivity index (χ0) is 18.7. The van der Waals surface area contributed by atoms with Crippen LogP contribution in [0, 0.1) is 6.92 Å². The first-order chi connectivity index (χ1) is 12.3. The lowest BCUT2D eigenvalue weighted by atomic mass is 10.2. The van der Waals surface area contributed by atoms with Crippen LogP contribution in [-0.2, 0) is 14.8 Å². The van der Waals surface area contributed by atoms with Crippen molar-refractivity contribution in [3.8, 4) is 0 Å². The van der Waals surface area contributed by atoms with E-state index in [-0.39, 0.29) is 11.7 Å². The van der Waals surface area contributed by atoms with Crippen LogP contribution in [0.5, 0.6) is 0 Å². The monoisotopic (exact) mass is 390 g/mol. The first-order valence-electron chi connectivity index (χ1n) is 8.21. The quantitative estimate of drug-likeness (QED) is 0.806. The maximum Gasteiger partial charge on any atom is 0.248 e. The van der Waals surface area contributed by atoms with E-state index in [4.69, 9.17) is 11.6 Å². The molecule has 1 fully saturated rings. The fourth-order valence-electron chi connectivity index (χ4n) is 2.76. The van der Waals surface area contributed by atoms with Gasteiger partial charge in [0.2, 0.25) is 15.9 Å². The molecule has 0 bridgehead atoms. The number of aryl methyl sites for hydroxylation is 1. The van der Waals surface area contributed by atoms with E-state index in [1.807, 2.05) is 13.0 Å². The molecular formula is C19H19ClN2O3S. The molecule has 1 saturated heterocycles. The fourth-order valence-corrected chi connectivity index (χ4v) is 4.49. The minimum Gasteiger partial charge on any atom is -0.322 e. The summed E-state index contributed by atoms with van der Waals surface area (Å²) in [7, 11) is -3.18. The lowest BCUT2D eigenvalue weighted by Crippen LogP contribution is -2.24. The molecule has 1 heterocycles. The van der Waals surface area contributed by atoms with Crippen LogP contribution in [0.2, 0.25) is 5.02 Å². The molecule has 0 aliphatic carbocycles. The predicted octanol–water partition coefficient (Wildman–Crippen LogP) is 3.84.